The van der Waals surface area contributed by atoms with Crippen molar-refractivity contribution in [2.24, 2.45) is 5.73 Å². The predicted octanol–water partition coefficient (Wildman–Crippen LogP) is 2.25. The molecule has 0 amide bonds. The Labute approximate surface area is 81.4 Å². The molecule has 0 aromatic heterocycles. The van der Waals surface area contributed by atoms with Crippen molar-refractivity contribution in [3.8, 4) is 5.75 Å². The maximum absolute atomic E-state index is 13.0. The molecule has 3 N–H and O–H groups in total. The van der Waals surface area contributed by atoms with Gasteiger partial charge in [0.05, 0.1) is 0 Å². The van der Waals surface area contributed by atoms with E-state index >= 15 is 0 Å². The molecule has 0 heterocycles. The molecule has 0 fully saturated rings. The zero-order chi connectivity index (χ0) is 10.9. The number of benzene rings is 1. The minimum Gasteiger partial charge on any atom is -0.505 e. The number of phenolic OH excluding ortho intramolecular Hbond substituents is 1. The molecule has 0 saturated heterocycles. The average molecular weight is 201 g/mol. The quantitative estimate of drug-likeness (QED) is 0.770. The Balaban J connectivity index is 3.34. The standard InChI is InChI=1S/C10H13F2NO/c1-3-10(2,13)7-4-6(11)5-8(12)9(7)14/h4-5,14H,3,13H2,1-2H3. The van der Waals surface area contributed by atoms with E-state index in [0.717, 1.165) is 6.07 Å². The van der Waals surface area contributed by atoms with Gasteiger partial charge in [-0.1, -0.05) is 6.92 Å². The summed E-state index contributed by atoms with van der Waals surface area (Å²) in [4.78, 5) is 0. The number of rotatable bonds is 2. The molecule has 0 aliphatic rings. The van der Waals surface area contributed by atoms with Crippen LogP contribution < -0.4 is 5.73 Å². The minimum absolute atomic E-state index is 0.0949. The molecule has 1 rings (SSSR count). The Morgan fingerprint density at radius 2 is 2.00 bits per heavy atom. The molecule has 0 radical (unpaired) electrons. The molecule has 14 heavy (non-hydrogen) atoms. The van der Waals surface area contributed by atoms with Crippen molar-refractivity contribution in [2.75, 3.05) is 0 Å². The molecule has 78 valence electrons. The highest BCUT2D eigenvalue weighted by Gasteiger charge is 2.25. The third-order valence-electron chi connectivity index (χ3n) is 2.38. The van der Waals surface area contributed by atoms with Gasteiger partial charge in [-0.3, -0.25) is 0 Å². The normalized spacial score (nSPS) is 15.2. The monoisotopic (exact) mass is 201 g/mol. The fourth-order valence-corrected chi connectivity index (χ4v) is 1.19. The van der Waals surface area contributed by atoms with Crippen LogP contribution in [0, 0.1) is 11.6 Å². The predicted molar refractivity (Wildman–Crippen MR) is 49.9 cm³/mol. The summed E-state index contributed by atoms with van der Waals surface area (Å²) in [6, 6.07) is 1.69. The summed E-state index contributed by atoms with van der Waals surface area (Å²) in [6.07, 6.45) is 0.476. The van der Waals surface area contributed by atoms with Crippen LogP contribution in [0.25, 0.3) is 0 Å². The Bertz CT molecular complexity index is 350. The molecule has 0 saturated carbocycles. The van der Waals surface area contributed by atoms with Crippen molar-refractivity contribution in [1.82, 2.24) is 0 Å². The van der Waals surface area contributed by atoms with Gasteiger partial charge in [-0.2, -0.15) is 0 Å². The lowest BCUT2D eigenvalue weighted by Gasteiger charge is -2.24. The Kier molecular flexibility index (Phi) is 2.76. The van der Waals surface area contributed by atoms with Crippen molar-refractivity contribution < 1.29 is 13.9 Å². The highest BCUT2D eigenvalue weighted by Crippen LogP contribution is 2.32. The number of hydrogen-bond acceptors (Lipinski definition) is 2. The molecule has 0 aliphatic heterocycles. The van der Waals surface area contributed by atoms with Crippen LogP contribution in [-0.2, 0) is 5.54 Å². The molecule has 0 aliphatic carbocycles. The summed E-state index contributed by atoms with van der Waals surface area (Å²) in [5.41, 5.74) is 4.95. The minimum atomic E-state index is -0.981. The fraction of sp³-hybridized carbons (Fsp3) is 0.400. The van der Waals surface area contributed by atoms with Gasteiger partial charge in [-0.25, -0.2) is 8.78 Å². The van der Waals surface area contributed by atoms with E-state index in [1.54, 1.807) is 13.8 Å². The van der Waals surface area contributed by atoms with E-state index in [2.05, 4.69) is 0 Å². The maximum Gasteiger partial charge on any atom is 0.168 e. The number of phenols is 1. The lowest BCUT2D eigenvalue weighted by molar-refractivity contribution is 0.385. The Hall–Kier alpha value is -1.16. The largest absolute Gasteiger partial charge is 0.505 e. The summed E-state index contributed by atoms with van der Waals surface area (Å²) in [7, 11) is 0. The van der Waals surface area contributed by atoms with Crippen LogP contribution in [0.4, 0.5) is 8.78 Å². The Morgan fingerprint density at radius 1 is 1.43 bits per heavy atom. The van der Waals surface area contributed by atoms with Crippen molar-refractivity contribution >= 4 is 0 Å². The summed E-state index contributed by atoms with van der Waals surface area (Å²) in [5.74, 6) is -2.29. The van der Waals surface area contributed by atoms with E-state index in [-0.39, 0.29) is 5.56 Å². The average Bonchev–Trinajstić information content (AvgIpc) is 2.11. The molecular weight excluding hydrogens is 188 g/mol. The van der Waals surface area contributed by atoms with Crippen LogP contribution in [0.3, 0.4) is 0 Å². The zero-order valence-corrected chi connectivity index (χ0v) is 8.14. The van der Waals surface area contributed by atoms with Gasteiger partial charge in [0.2, 0.25) is 0 Å². The van der Waals surface area contributed by atoms with Gasteiger partial charge >= 0.3 is 0 Å². The molecule has 1 unspecified atom stereocenters. The van der Waals surface area contributed by atoms with Crippen molar-refractivity contribution in [3.05, 3.63) is 29.3 Å². The van der Waals surface area contributed by atoms with E-state index in [0.29, 0.717) is 12.5 Å². The van der Waals surface area contributed by atoms with Gasteiger partial charge in [-0.15, -0.1) is 0 Å². The smallest absolute Gasteiger partial charge is 0.168 e. The molecular formula is C10H13F2NO. The van der Waals surface area contributed by atoms with Crippen molar-refractivity contribution in [2.45, 2.75) is 25.8 Å². The van der Waals surface area contributed by atoms with Gasteiger partial charge in [0.1, 0.15) is 5.82 Å². The van der Waals surface area contributed by atoms with Crippen LogP contribution in [0.2, 0.25) is 0 Å². The molecule has 1 atom stereocenters. The second-order valence-electron chi connectivity index (χ2n) is 3.55. The van der Waals surface area contributed by atoms with E-state index in [1.165, 1.54) is 0 Å². The molecule has 0 spiro atoms. The van der Waals surface area contributed by atoms with E-state index in [4.69, 9.17) is 5.73 Å². The number of hydrogen-bond donors (Lipinski definition) is 2. The Morgan fingerprint density at radius 3 is 2.50 bits per heavy atom. The van der Waals surface area contributed by atoms with Crippen LogP contribution in [0.15, 0.2) is 12.1 Å². The van der Waals surface area contributed by atoms with Gasteiger partial charge in [0, 0.05) is 17.2 Å². The summed E-state index contributed by atoms with van der Waals surface area (Å²) >= 11 is 0. The maximum atomic E-state index is 13.0. The van der Waals surface area contributed by atoms with Gasteiger partial charge < -0.3 is 10.8 Å². The van der Waals surface area contributed by atoms with Gasteiger partial charge in [0.15, 0.2) is 11.6 Å². The SMILES string of the molecule is CCC(C)(N)c1cc(F)cc(F)c1O. The lowest BCUT2D eigenvalue weighted by atomic mass is 9.89. The van der Waals surface area contributed by atoms with Crippen LogP contribution in [-0.4, -0.2) is 5.11 Å². The van der Waals surface area contributed by atoms with E-state index in [1.807, 2.05) is 0 Å². The third-order valence-corrected chi connectivity index (χ3v) is 2.38. The first-order valence-electron chi connectivity index (χ1n) is 4.36. The van der Waals surface area contributed by atoms with Crippen molar-refractivity contribution in [1.29, 1.82) is 0 Å². The third kappa shape index (κ3) is 1.85. The van der Waals surface area contributed by atoms with E-state index < -0.39 is 22.9 Å². The van der Waals surface area contributed by atoms with Gasteiger partial charge in [0.25, 0.3) is 0 Å². The highest BCUT2D eigenvalue weighted by atomic mass is 19.1. The van der Waals surface area contributed by atoms with Crippen LogP contribution in [0.1, 0.15) is 25.8 Å². The van der Waals surface area contributed by atoms with Gasteiger partial charge in [-0.05, 0) is 19.4 Å². The van der Waals surface area contributed by atoms with Crippen molar-refractivity contribution in [3.63, 3.8) is 0 Å². The summed E-state index contributed by atoms with van der Waals surface area (Å²) in [6.45, 7) is 3.39. The molecule has 1 aromatic carbocycles. The van der Waals surface area contributed by atoms with Crippen LogP contribution in [0.5, 0.6) is 5.75 Å². The zero-order valence-electron chi connectivity index (χ0n) is 8.14. The lowest BCUT2D eigenvalue weighted by Crippen LogP contribution is -2.32. The molecule has 0 bridgehead atoms. The molecule has 4 heteroatoms. The number of aromatic hydroxyl groups is 1. The first-order valence-corrected chi connectivity index (χ1v) is 4.36. The second-order valence-corrected chi connectivity index (χ2v) is 3.55. The summed E-state index contributed by atoms with van der Waals surface area (Å²) in [5, 5.41) is 9.37. The number of nitrogens with two attached hydrogens (primary N) is 1. The second kappa shape index (κ2) is 3.53. The topological polar surface area (TPSA) is 46.2 Å². The molecule has 2 nitrogen and oxygen atoms in total. The highest BCUT2D eigenvalue weighted by molar-refractivity contribution is 5.39. The van der Waals surface area contributed by atoms with E-state index in [9.17, 15) is 13.9 Å². The van der Waals surface area contributed by atoms with Crippen LogP contribution >= 0.6 is 0 Å². The first kappa shape index (κ1) is 10.9. The summed E-state index contributed by atoms with van der Waals surface area (Å²) < 4.78 is 25.8. The molecule has 1 aromatic rings. The first-order chi connectivity index (χ1) is 6.38. The fourth-order valence-electron chi connectivity index (χ4n) is 1.19. The number of halogens is 2.